The molecule has 5 heteroatoms. The van der Waals surface area contributed by atoms with Crippen LogP contribution in [0, 0.1) is 25.2 Å². The zero-order chi connectivity index (χ0) is 13.3. The van der Waals surface area contributed by atoms with E-state index >= 15 is 0 Å². The predicted octanol–water partition coefficient (Wildman–Crippen LogP) is 1.95. The zero-order valence-corrected chi connectivity index (χ0v) is 10.6. The van der Waals surface area contributed by atoms with E-state index in [0.29, 0.717) is 17.1 Å². The molecular weight excluding hydrogens is 228 g/mol. The highest BCUT2D eigenvalue weighted by Crippen LogP contribution is 2.24. The summed E-state index contributed by atoms with van der Waals surface area (Å²) in [5, 5.41) is 13.3. The van der Waals surface area contributed by atoms with Gasteiger partial charge in [-0.15, -0.1) is 0 Å². The summed E-state index contributed by atoms with van der Waals surface area (Å²) >= 11 is 0. The Balaban J connectivity index is 2.60. The summed E-state index contributed by atoms with van der Waals surface area (Å²) in [6.45, 7) is 3.71. The van der Waals surface area contributed by atoms with Crippen molar-refractivity contribution in [1.82, 2.24) is 9.78 Å². The van der Waals surface area contributed by atoms with E-state index in [9.17, 15) is 0 Å². The van der Waals surface area contributed by atoms with Crippen molar-refractivity contribution in [3.63, 3.8) is 0 Å². The molecule has 2 N–H and O–H groups in total. The van der Waals surface area contributed by atoms with Gasteiger partial charge >= 0.3 is 0 Å². The molecule has 18 heavy (non-hydrogen) atoms. The molecule has 1 heterocycles. The first kappa shape index (κ1) is 12.0. The lowest BCUT2D eigenvalue weighted by molar-refractivity contribution is 0.414. The van der Waals surface area contributed by atoms with Gasteiger partial charge in [0.1, 0.15) is 23.2 Å². The largest absolute Gasteiger partial charge is 0.497 e. The molecule has 0 spiro atoms. The number of anilines is 1. The van der Waals surface area contributed by atoms with E-state index in [0.717, 1.165) is 17.0 Å². The predicted molar refractivity (Wildman–Crippen MR) is 68.7 cm³/mol. The van der Waals surface area contributed by atoms with Gasteiger partial charge in [-0.25, -0.2) is 4.68 Å². The highest BCUT2D eigenvalue weighted by atomic mass is 16.5. The lowest BCUT2D eigenvalue weighted by atomic mass is 10.2. The molecule has 1 aromatic carbocycles. The number of aryl methyl sites for hydroxylation is 2. The molecule has 2 aromatic rings. The van der Waals surface area contributed by atoms with E-state index < -0.39 is 0 Å². The van der Waals surface area contributed by atoms with Crippen LogP contribution in [0.1, 0.15) is 16.8 Å². The van der Waals surface area contributed by atoms with Crippen LogP contribution in [0.15, 0.2) is 18.2 Å². The van der Waals surface area contributed by atoms with Gasteiger partial charge in [0, 0.05) is 0 Å². The number of aromatic nitrogens is 2. The SMILES string of the molecule is COc1ccc(-n2nc(C)c(C#N)c2N)c(C)c1. The van der Waals surface area contributed by atoms with Crippen molar-refractivity contribution in [2.45, 2.75) is 13.8 Å². The average Bonchev–Trinajstić information content (AvgIpc) is 2.64. The molecule has 2 rings (SSSR count). The maximum Gasteiger partial charge on any atom is 0.145 e. The first-order chi connectivity index (χ1) is 8.58. The van der Waals surface area contributed by atoms with Crippen molar-refractivity contribution in [3.05, 3.63) is 35.0 Å². The lowest BCUT2D eigenvalue weighted by Crippen LogP contribution is -2.04. The molecule has 0 bridgehead atoms. The monoisotopic (exact) mass is 242 g/mol. The van der Waals surface area contributed by atoms with E-state index in [1.54, 1.807) is 18.7 Å². The van der Waals surface area contributed by atoms with E-state index in [4.69, 9.17) is 15.7 Å². The average molecular weight is 242 g/mol. The second-order valence-electron chi connectivity index (χ2n) is 4.02. The normalized spacial score (nSPS) is 10.1. The van der Waals surface area contributed by atoms with Crippen molar-refractivity contribution < 1.29 is 4.74 Å². The number of nitrogens with two attached hydrogens (primary N) is 1. The number of hydrogen-bond donors (Lipinski definition) is 1. The van der Waals surface area contributed by atoms with Crippen LogP contribution in [0.25, 0.3) is 5.69 Å². The number of nitriles is 1. The summed E-state index contributed by atoms with van der Waals surface area (Å²) in [5.74, 6) is 1.14. The summed E-state index contributed by atoms with van der Waals surface area (Å²) in [5.41, 5.74) is 8.81. The molecule has 92 valence electrons. The van der Waals surface area contributed by atoms with Gasteiger partial charge in [0.15, 0.2) is 0 Å². The van der Waals surface area contributed by atoms with Crippen molar-refractivity contribution in [3.8, 4) is 17.5 Å². The maximum atomic E-state index is 9.01. The first-order valence-corrected chi connectivity index (χ1v) is 5.48. The number of nitrogens with zero attached hydrogens (tertiary/aromatic N) is 3. The highest BCUT2D eigenvalue weighted by Gasteiger charge is 2.14. The van der Waals surface area contributed by atoms with Gasteiger partial charge in [0.2, 0.25) is 0 Å². The molecule has 0 radical (unpaired) electrons. The van der Waals surface area contributed by atoms with Crippen LogP contribution >= 0.6 is 0 Å². The number of methoxy groups -OCH3 is 1. The number of hydrogen-bond acceptors (Lipinski definition) is 4. The summed E-state index contributed by atoms with van der Waals surface area (Å²) in [4.78, 5) is 0. The Morgan fingerprint density at radius 2 is 2.11 bits per heavy atom. The number of ether oxygens (including phenoxy) is 1. The fraction of sp³-hybridized carbons (Fsp3) is 0.231. The Hall–Kier alpha value is -2.48. The molecule has 0 aliphatic rings. The Labute approximate surface area is 105 Å². The summed E-state index contributed by atoms with van der Waals surface area (Å²) in [7, 11) is 1.62. The molecule has 0 saturated carbocycles. The van der Waals surface area contributed by atoms with Gasteiger partial charge in [-0.3, -0.25) is 0 Å². The standard InChI is InChI=1S/C13H14N4O/c1-8-6-10(18-3)4-5-12(8)17-13(15)11(7-14)9(2)16-17/h4-6H,15H2,1-3H3. The Kier molecular flexibility index (Phi) is 2.94. The van der Waals surface area contributed by atoms with Crippen LogP contribution in [-0.4, -0.2) is 16.9 Å². The summed E-state index contributed by atoms with van der Waals surface area (Å²) in [6.07, 6.45) is 0. The number of nitrogen functional groups attached to an aromatic ring is 1. The third-order valence-corrected chi connectivity index (χ3v) is 2.84. The topological polar surface area (TPSA) is 76.9 Å². The molecule has 1 aromatic heterocycles. The fourth-order valence-corrected chi connectivity index (χ4v) is 1.86. The second-order valence-corrected chi connectivity index (χ2v) is 4.02. The van der Waals surface area contributed by atoms with Crippen molar-refractivity contribution in [2.75, 3.05) is 12.8 Å². The van der Waals surface area contributed by atoms with Crippen LogP contribution in [0.4, 0.5) is 5.82 Å². The molecule has 5 nitrogen and oxygen atoms in total. The zero-order valence-electron chi connectivity index (χ0n) is 10.6. The fourth-order valence-electron chi connectivity index (χ4n) is 1.86. The van der Waals surface area contributed by atoms with Crippen LogP contribution in [0.3, 0.4) is 0 Å². The minimum Gasteiger partial charge on any atom is -0.497 e. The van der Waals surface area contributed by atoms with Gasteiger partial charge in [-0.1, -0.05) is 0 Å². The lowest BCUT2D eigenvalue weighted by Gasteiger charge is -2.09. The van der Waals surface area contributed by atoms with Crippen LogP contribution in [-0.2, 0) is 0 Å². The smallest absolute Gasteiger partial charge is 0.145 e. The van der Waals surface area contributed by atoms with Crippen LogP contribution in [0.5, 0.6) is 5.75 Å². The Morgan fingerprint density at radius 3 is 2.61 bits per heavy atom. The Bertz CT molecular complexity index is 637. The number of rotatable bonds is 2. The van der Waals surface area contributed by atoms with E-state index in [1.807, 2.05) is 25.1 Å². The Morgan fingerprint density at radius 1 is 1.39 bits per heavy atom. The first-order valence-electron chi connectivity index (χ1n) is 5.48. The van der Waals surface area contributed by atoms with Crippen molar-refractivity contribution in [2.24, 2.45) is 0 Å². The molecule has 0 atom stereocenters. The molecule has 0 aliphatic carbocycles. The molecule has 0 amide bonds. The summed E-state index contributed by atoms with van der Waals surface area (Å²) in [6, 6.07) is 7.67. The maximum absolute atomic E-state index is 9.01. The quantitative estimate of drug-likeness (QED) is 0.873. The van der Waals surface area contributed by atoms with Gasteiger partial charge in [-0.05, 0) is 37.6 Å². The van der Waals surface area contributed by atoms with Crippen molar-refractivity contribution in [1.29, 1.82) is 5.26 Å². The van der Waals surface area contributed by atoms with E-state index in [1.165, 1.54) is 0 Å². The minimum atomic E-state index is 0.364. The van der Waals surface area contributed by atoms with Gasteiger partial charge < -0.3 is 10.5 Å². The minimum absolute atomic E-state index is 0.364. The van der Waals surface area contributed by atoms with Crippen molar-refractivity contribution >= 4 is 5.82 Å². The van der Waals surface area contributed by atoms with Gasteiger partial charge in [-0.2, -0.15) is 10.4 Å². The third kappa shape index (κ3) is 1.78. The van der Waals surface area contributed by atoms with Gasteiger partial charge in [0.05, 0.1) is 18.5 Å². The highest BCUT2D eigenvalue weighted by molar-refractivity contribution is 5.57. The number of benzene rings is 1. The van der Waals surface area contributed by atoms with E-state index in [-0.39, 0.29) is 0 Å². The molecule has 0 fully saturated rings. The summed E-state index contributed by atoms with van der Waals surface area (Å²) < 4.78 is 6.74. The molecule has 0 saturated heterocycles. The molecular formula is C13H14N4O. The van der Waals surface area contributed by atoms with Crippen LogP contribution in [0.2, 0.25) is 0 Å². The second kappa shape index (κ2) is 4.41. The molecule has 0 unspecified atom stereocenters. The van der Waals surface area contributed by atoms with Gasteiger partial charge in [0.25, 0.3) is 0 Å². The van der Waals surface area contributed by atoms with E-state index in [2.05, 4.69) is 11.2 Å². The molecule has 0 aliphatic heterocycles. The van der Waals surface area contributed by atoms with Crippen LogP contribution < -0.4 is 10.5 Å². The third-order valence-electron chi connectivity index (χ3n) is 2.84.